The Morgan fingerprint density at radius 1 is 1.12 bits per heavy atom. The first-order valence-electron chi connectivity index (χ1n) is 7.27. The Labute approximate surface area is 159 Å². The normalized spacial score (nSPS) is 10.5. The summed E-state index contributed by atoms with van der Waals surface area (Å²) in [6, 6.07) is 10.1. The van der Waals surface area contributed by atoms with E-state index in [0.717, 1.165) is 22.7 Å². The molecule has 0 atom stereocenters. The molecule has 0 fully saturated rings. The maximum Gasteiger partial charge on any atom is 0.339 e. The summed E-state index contributed by atoms with van der Waals surface area (Å²) in [6.45, 7) is 0. The first-order valence-corrected chi connectivity index (χ1v) is 8.94. The number of phenols is 1. The van der Waals surface area contributed by atoms with E-state index in [2.05, 4.69) is 21.2 Å². The zero-order chi connectivity index (χ0) is 18.8. The average Bonchev–Trinajstić information content (AvgIpc) is 2.99. The molecule has 0 aliphatic heterocycles. The molecular weight excluding hydrogens is 425 g/mol. The Hall–Kier alpha value is -2.71. The van der Waals surface area contributed by atoms with Crippen LogP contribution in [0.5, 0.6) is 5.75 Å². The summed E-state index contributed by atoms with van der Waals surface area (Å²) in [5.41, 5.74) is 0.598. The van der Waals surface area contributed by atoms with Crippen LogP contribution in [0.3, 0.4) is 0 Å². The van der Waals surface area contributed by atoms with Gasteiger partial charge in [0.15, 0.2) is 0 Å². The molecule has 0 spiro atoms. The van der Waals surface area contributed by atoms with Crippen molar-refractivity contribution in [2.45, 2.75) is 0 Å². The predicted molar refractivity (Wildman–Crippen MR) is 100 cm³/mol. The summed E-state index contributed by atoms with van der Waals surface area (Å²) in [4.78, 5) is 24.5. The van der Waals surface area contributed by atoms with Crippen molar-refractivity contribution in [1.82, 2.24) is 0 Å². The van der Waals surface area contributed by atoms with Crippen LogP contribution in [0.15, 0.2) is 52.3 Å². The van der Waals surface area contributed by atoms with Crippen LogP contribution >= 0.6 is 27.3 Å². The smallest absolute Gasteiger partial charge is 0.339 e. The van der Waals surface area contributed by atoms with E-state index in [1.807, 2.05) is 0 Å². The Morgan fingerprint density at radius 2 is 1.81 bits per heavy atom. The van der Waals surface area contributed by atoms with Gasteiger partial charge in [-0.2, -0.15) is 0 Å². The zero-order valence-electron chi connectivity index (χ0n) is 13.0. The molecule has 0 unspecified atom stereocenters. The number of benzene rings is 2. The van der Waals surface area contributed by atoms with Gasteiger partial charge in [-0.05, 0) is 29.8 Å². The summed E-state index contributed by atoms with van der Waals surface area (Å²) in [6.07, 6.45) is 0. The van der Waals surface area contributed by atoms with Crippen LogP contribution in [-0.2, 0) is 0 Å². The van der Waals surface area contributed by atoms with Crippen molar-refractivity contribution in [1.29, 1.82) is 0 Å². The largest absolute Gasteiger partial charge is 0.507 e. The summed E-state index contributed by atoms with van der Waals surface area (Å²) in [7, 11) is 0. The number of phenolic OH excluding ortho intramolecular Hbond substituents is 1. The molecule has 1 heterocycles. The first-order chi connectivity index (χ1) is 12.4. The Morgan fingerprint density at radius 3 is 2.42 bits per heavy atom. The molecule has 26 heavy (non-hydrogen) atoms. The maximum absolute atomic E-state index is 13.1. The molecule has 3 N–H and O–H groups in total. The minimum Gasteiger partial charge on any atom is -0.507 e. The highest BCUT2D eigenvalue weighted by molar-refractivity contribution is 9.10. The van der Waals surface area contributed by atoms with E-state index in [1.54, 1.807) is 24.3 Å². The lowest BCUT2D eigenvalue weighted by Gasteiger charge is -2.08. The number of carboxylic acid groups (broad SMARTS) is 1. The SMILES string of the molecule is O=C(Nc1csc(-c2ccc(Br)cc2)c1C(=O)O)c1ccc(F)cc1O. The second-order valence-corrected chi connectivity index (χ2v) is 7.08. The molecule has 5 nitrogen and oxygen atoms in total. The van der Waals surface area contributed by atoms with Crippen LogP contribution in [0.25, 0.3) is 10.4 Å². The van der Waals surface area contributed by atoms with Gasteiger partial charge in [0, 0.05) is 15.9 Å². The van der Waals surface area contributed by atoms with Crippen LogP contribution in [0.4, 0.5) is 10.1 Å². The fraction of sp³-hybridized carbons (Fsp3) is 0. The number of hydrogen-bond donors (Lipinski definition) is 3. The molecule has 1 aromatic heterocycles. The quantitative estimate of drug-likeness (QED) is 0.539. The van der Waals surface area contributed by atoms with E-state index in [-0.39, 0.29) is 16.8 Å². The molecule has 0 radical (unpaired) electrons. The van der Waals surface area contributed by atoms with Crippen molar-refractivity contribution in [3.63, 3.8) is 0 Å². The molecule has 3 aromatic rings. The van der Waals surface area contributed by atoms with Crippen LogP contribution in [0, 0.1) is 5.82 Å². The number of aromatic hydroxyl groups is 1. The van der Waals surface area contributed by atoms with E-state index in [0.29, 0.717) is 10.4 Å². The second-order valence-electron chi connectivity index (χ2n) is 5.28. The van der Waals surface area contributed by atoms with Gasteiger partial charge in [-0.1, -0.05) is 28.1 Å². The number of aromatic carboxylic acids is 1. The Balaban J connectivity index is 1.97. The first kappa shape index (κ1) is 18.1. The number of thiophene rings is 1. The van der Waals surface area contributed by atoms with Crippen molar-refractivity contribution in [3.8, 4) is 16.2 Å². The molecule has 0 saturated heterocycles. The lowest BCUT2D eigenvalue weighted by Crippen LogP contribution is -2.14. The van der Waals surface area contributed by atoms with Crippen molar-refractivity contribution < 1.29 is 24.2 Å². The predicted octanol–water partition coefficient (Wildman–Crippen LogP) is 4.97. The summed E-state index contributed by atoms with van der Waals surface area (Å²) >= 11 is 4.49. The van der Waals surface area contributed by atoms with Gasteiger partial charge >= 0.3 is 5.97 Å². The molecule has 0 aliphatic carbocycles. The molecule has 0 saturated carbocycles. The number of halogens is 2. The van der Waals surface area contributed by atoms with Gasteiger partial charge in [-0.25, -0.2) is 9.18 Å². The average molecular weight is 436 g/mol. The number of amides is 1. The third-order valence-corrected chi connectivity index (χ3v) is 5.12. The number of hydrogen-bond acceptors (Lipinski definition) is 4. The van der Waals surface area contributed by atoms with Crippen molar-refractivity contribution in [3.05, 3.63) is 69.3 Å². The molecule has 132 valence electrons. The number of carboxylic acids is 1. The van der Waals surface area contributed by atoms with E-state index in [4.69, 9.17) is 0 Å². The van der Waals surface area contributed by atoms with Crippen molar-refractivity contribution in [2.24, 2.45) is 0 Å². The van der Waals surface area contributed by atoms with Gasteiger partial charge in [0.2, 0.25) is 0 Å². The fourth-order valence-electron chi connectivity index (χ4n) is 2.36. The van der Waals surface area contributed by atoms with Gasteiger partial charge in [0.25, 0.3) is 5.91 Å². The van der Waals surface area contributed by atoms with Gasteiger partial charge < -0.3 is 15.5 Å². The summed E-state index contributed by atoms with van der Waals surface area (Å²) in [5.74, 6) is -3.13. The van der Waals surface area contributed by atoms with E-state index >= 15 is 0 Å². The third kappa shape index (κ3) is 3.61. The topological polar surface area (TPSA) is 86.6 Å². The standard InChI is InChI=1S/C18H11BrFNO4S/c19-10-3-1-9(2-4-10)16-15(18(24)25)13(8-26-16)21-17(23)12-6-5-11(20)7-14(12)22/h1-8,22H,(H,21,23)(H,24,25). The van der Waals surface area contributed by atoms with Crippen molar-refractivity contribution >= 4 is 44.8 Å². The number of anilines is 1. The summed E-state index contributed by atoms with van der Waals surface area (Å²) < 4.78 is 13.9. The number of nitrogens with one attached hydrogen (secondary N) is 1. The highest BCUT2D eigenvalue weighted by Gasteiger charge is 2.22. The molecule has 3 rings (SSSR count). The van der Waals surface area contributed by atoms with E-state index < -0.39 is 23.4 Å². The van der Waals surface area contributed by atoms with Gasteiger partial charge in [0.05, 0.1) is 16.1 Å². The highest BCUT2D eigenvalue weighted by Crippen LogP contribution is 2.37. The molecule has 8 heteroatoms. The lowest BCUT2D eigenvalue weighted by molar-refractivity contribution is 0.0699. The van der Waals surface area contributed by atoms with E-state index in [9.17, 15) is 24.2 Å². The number of rotatable bonds is 4. The number of carbonyl (C=O) groups excluding carboxylic acids is 1. The van der Waals surface area contributed by atoms with Crippen LogP contribution < -0.4 is 5.32 Å². The van der Waals surface area contributed by atoms with Crippen LogP contribution in [0.1, 0.15) is 20.7 Å². The molecule has 0 bridgehead atoms. The summed E-state index contributed by atoms with van der Waals surface area (Å²) in [5, 5.41) is 23.3. The molecule has 2 aromatic carbocycles. The minimum atomic E-state index is -1.19. The zero-order valence-corrected chi connectivity index (χ0v) is 15.4. The van der Waals surface area contributed by atoms with Crippen molar-refractivity contribution in [2.75, 3.05) is 5.32 Å². The third-order valence-electron chi connectivity index (χ3n) is 3.56. The number of carbonyl (C=O) groups is 2. The highest BCUT2D eigenvalue weighted by atomic mass is 79.9. The molecule has 1 amide bonds. The second kappa shape index (κ2) is 7.27. The molecular formula is C18H11BrFNO4S. The fourth-order valence-corrected chi connectivity index (χ4v) is 3.63. The monoisotopic (exact) mass is 435 g/mol. The lowest BCUT2D eigenvalue weighted by atomic mass is 10.1. The Bertz CT molecular complexity index is 1000. The van der Waals surface area contributed by atoms with Gasteiger partial charge in [0.1, 0.15) is 17.1 Å². The van der Waals surface area contributed by atoms with Crippen LogP contribution in [-0.4, -0.2) is 22.1 Å². The maximum atomic E-state index is 13.1. The van der Waals surface area contributed by atoms with Gasteiger partial charge in [-0.15, -0.1) is 11.3 Å². The Kier molecular flexibility index (Phi) is 5.06. The van der Waals surface area contributed by atoms with Gasteiger partial charge in [-0.3, -0.25) is 4.79 Å². The molecule has 0 aliphatic rings. The van der Waals surface area contributed by atoms with E-state index in [1.165, 1.54) is 16.7 Å². The minimum absolute atomic E-state index is 0.0488. The van der Waals surface area contributed by atoms with Crippen LogP contribution in [0.2, 0.25) is 0 Å².